The van der Waals surface area contributed by atoms with Gasteiger partial charge in [0.1, 0.15) is 12.2 Å². The maximum absolute atomic E-state index is 13.8. The van der Waals surface area contributed by atoms with E-state index < -0.39 is 29.1 Å². The number of carbonyl (C=O) groups is 1. The van der Waals surface area contributed by atoms with E-state index in [4.69, 9.17) is 13.9 Å². The minimum atomic E-state index is -4.63. The number of carbonyl (C=O) groups excluding carboxylic acids is 1. The van der Waals surface area contributed by atoms with Crippen LogP contribution in [0.2, 0.25) is 0 Å². The molecule has 0 N–H and O–H groups in total. The van der Waals surface area contributed by atoms with E-state index in [1.54, 1.807) is 49.4 Å². The summed E-state index contributed by atoms with van der Waals surface area (Å²) < 4.78 is 58.2. The van der Waals surface area contributed by atoms with Crippen LogP contribution in [-0.2, 0) is 6.18 Å². The fourth-order valence-corrected chi connectivity index (χ4v) is 4.73. The van der Waals surface area contributed by atoms with Crippen molar-refractivity contribution in [3.63, 3.8) is 0 Å². The van der Waals surface area contributed by atoms with Gasteiger partial charge in [0.25, 0.3) is 5.91 Å². The second-order valence-electron chi connectivity index (χ2n) is 9.04. The van der Waals surface area contributed by atoms with Crippen molar-refractivity contribution >= 4 is 22.6 Å². The van der Waals surface area contributed by atoms with Gasteiger partial charge in [-0.25, -0.2) is 0 Å². The Balaban J connectivity index is 1.77. The highest BCUT2D eigenvalue weighted by Crippen LogP contribution is 2.44. The van der Waals surface area contributed by atoms with Gasteiger partial charge >= 0.3 is 6.18 Å². The largest absolute Gasteiger partial charge is 0.490 e. The molecule has 0 aliphatic carbocycles. The molecule has 2 heterocycles. The predicted molar refractivity (Wildman–Crippen MR) is 141 cm³/mol. The monoisotopic (exact) mass is 535 g/mol. The summed E-state index contributed by atoms with van der Waals surface area (Å²) >= 11 is 0. The summed E-state index contributed by atoms with van der Waals surface area (Å²) in [6.45, 7) is 7.77. The summed E-state index contributed by atoms with van der Waals surface area (Å²) in [5.74, 6) is -0.179. The summed E-state index contributed by atoms with van der Waals surface area (Å²) in [6, 6.07) is 13.2. The molecule has 1 aliphatic heterocycles. The number of nitrogens with zero attached hydrogens (tertiary/aromatic N) is 1. The van der Waals surface area contributed by atoms with Crippen LogP contribution in [0.15, 0.2) is 82.5 Å². The Labute approximate surface area is 221 Å². The van der Waals surface area contributed by atoms with Gasteiger partial charge in [-0.1, -0.05) is 36.4 Å². The molecule has 0 radical (unpaired) electrons. The smallest absolute Gasteiger partial charge is 0.416 e. The first-order valence-corrected chi connectivity index (χ1v) is 12.2. The summed E-state index contributed by atoms with van der Waals surface area (Å²) in [7, 11) is 0. The van der Waals surface area contributed by atoms with E-state index in [0.717, 1.165) is 22.6 Å². The van der Waals surface area contributed by atoms with Crippen LogP contribution in [0.5, 0.6) is 11.5 Å². The highest BCUT2D eigenvalue weighted by molar-refractivity contribution is 6.10. The van der Waals surface area contributed by atoms with Gasteiger partial charge in [0, 0.05) is 5.69 Å². The van der Waals surface area contributed by atoms with Crippen LogP contribution in [0.3, 0.4) is 0 Å². The van der Waals surface area contributed by atoms with E-state index in [2.05, 4.69) is 6.58 Å². The third kappa shape index (κ3) is 4.65. The van der Waals surface area contributed by atoms with Gasteiger partial charge in [-0.2, -0.15) is 13.2 Å². The molecule has 39 heavy (non-hydrogen) atoms. The second-order valence-corrected chi connectivity index (χ2v) is 9.04. The maximum atomic E-state index is 13.8. The summed E-state index contributed by atoms with van der Waals surface area (Å²) in [4.78, 5) is 28.8. The lowest BCUT2D eigenvalue weighted by Crippen LogP contribution is -2.29. The topological polar surface area (TPSA) is 69.0 Å². The normalized spacial score (nSPS) is 14.9. The number of hydrogen-bond donors (Lipinski definition) is 0. The molecule has 0 saturated carbocycles. The van der Waals surface area contributed by atoms with Crippen LogP contribution in [-0.4, -0.2) is 19.1 Å². The van der Waals surface area contributed by atoms with Gasteiger partial charge in [-0.3, -0.25) is 14.5 Å². The lowest BCUT2D eigenvalue weighted by molar-refractivity contribution is -0.137. The molecule has 1 atom stereocenters. The van der Waals surface area contributed by atoms with Crippen molar-refractivity contribution in [1.82, 2.24) is 0 Å². The Morgan fingerprint density at radius 3 is 2.54 bits per heavy atom. The molecule has 1 aliphatic rings. The highest BCUT2D eigenvalue weighted by atomic mass is 19.4. The van der Waals surface area contributed by atoms with Crippen molar-refractivity contribution in [2.45, 2.75) is 26.1 Å². The molecule has 0 saturated heterocycles. The van der Waals surface area contributed by atoms with Gasteiger partial charge in [0.15, 0.2) is 16.9 Å². The van der Waals surface area contributed by atoms with E-state index in [1.807, 2.05) is 6.92 Å². The molecular formula is C30H24F3NO5. The quantitative estimate of drug-likeness (QED) is 0.243. The lowest BCUT2D eigenvalue weighted by Gasteiger charge is -2.26. The Bertz CT molecular complexity index is 1660. The molecule has 0 spiro atoms. The number of aryl methyl sites for hydroxylation is 1. The maximum Gasteiger partial charge on any atom is 0.416 e. The first kappa shape index (κ1) is 26.1. The van der Waals surface area contributed by atoms with Gasteiger partial charge < -0.3 is 13.9 Å². The molecule has 0 fully saturated rings. The Hall–Kier alpha value is -4.53. The van der Waals surface area contributed by atoms with Crippen molar-refractivity contribution in [2.24, 2.45) is 0 Å². The first-order chi connectivity index (χ1) is 18.6. The SMILES string of the molecule is C=CCOc1ccc(C2c3c(oc4ccc(C)cc4c3=O)C(=O)N2c2cccc(C(F)(F)F)c2)cc1OCC. The van der Waals surface area contributed by atoms with Gasteiger partial charge in [0.05, 0.1) is 29.2 Å². The molecule has 1 unspecified atom stereocenters. The number of rotatable bonds is 7. The van der Waals surface area contributed by atoms with E-state index >= 15 is 0 Å². The van der Waals surface area contributed by atoms with Crippen LogP contribution in [0.1, 0.15) is 45.8 Å². The van der Waals surface area contributed by atoms with Crippen molar-refractivity contribution in [2.75, 3.05) is 18.1 Å². The number of alkyl halides is 3. The molecule has 9 heteroatoms. The number of ether oxygens (including phenoxy) is 2. The average Bonchev–Trinajstić information content (AvgIpc) is 3.20. The minimum absolute atomic E-state index is 0.0317. The van der Waals surface area contributed by atoms with Crippen molar-refractivity contribution in [3.8, 4) is 11.5 Å². The predicted octanol–water partition coefficient (Wildman–Crippen LogP) is 6.83. The summed E-state index contributed by atoms with van der Waals surface area (Å²) in [5.41, 5.74) is 0.110. The van der Waals surface area contributed by atoms with E-state index in [-0.39, 0.29) is 34.6 Å². The van der Waals surface area contributed by atoms with Crippen LogP contribution in [0.4, 0.5) is 18.9 Å². The van der Waals surface area contributed by atoms with Crippen LogP contribution in [0.25, 0.3) is 11.0 Å². The van der Waals surface area contributed by atoms with Crippen molar-refractivity contribution < 1.29 is 31.9 Å². The number of benzene rings is 3. The molecular weight excluding hydrogens is 511 g/mol. The molecule has 0 bridgehead atoms. The van der Waals surface area contributed by atoms with E-state index in [9.17, 15) is 22.8 Å². The van der Waals surface area contributed by atoms with Crippen molar-refractivity contribution in [1.29, 1.82) is 0 Å². The highest BCUT2D eigenvalue weighted by Gasteiger charge is 2.44. The Kier molecular flexibility index (Phi) is 6.68. The third-order valence-electron chi connectivity index (χ3n) is 6.42. The zero-order valence-corrected chi connectivity index (χ0v) is 21.2. The van der Waals surface area contributed by atoms with Gasteiger partial charge in [0.2, 0.25) is 5.76 Å². The Morgan fingerprint density at radius 2 is 1.82 bits per heavy atom. The van der Waals surface area contributed by atoms with E-state index in [0.29, 0.717) is 23.7 Å². The molecule has 4 aromatic rings. The minimum Gasteiger partial charge on any atom is -0.490 e. The number of halogens is 3. The molecule has 3 aromatic carbocycles. The zero-order chi connectivity index (χ0) is 27.9. The summed E-state index contributed by atoms with van der Waals surface area (Å²) in [6.07, 6.45) is -3.06. The number of amides is 1. The molecule has 5 rings (SSSR count). The molecule has 200 valence electrons. The zero-order valence-electron chi connectivity index (χ0n) is 21.2. The number of anilines is 1. The van der Waals surface area contributed by atoms with Crippen LogP contribution >= 0.6 is 0 Å². The van der Waals surface area contributed by atoms with Gasteiger partial charge in [-0.15, -0.1) is 0 Å². The van der Waals surface area contributed by atoms with E-state index in [1.165, 1.54) is 12.1 Å². The fourth-order valence-electron chi connectivity index (χ4n) is 4.73. The second kappa shape index (κ2) is 9.98. The van der Waals surface area contributed by atoms with Gasteiger partial charge in [-0.05, 0) is 61.9 Å². The molecule has 1 amide bonds. The van der Waals surface area contributed by atoms with Crippen molar-refractivity contribution in [3.05, 3.63) is 112 Å². The lowest BCUT2D eigenvalue weighted by atomic mass is 9.97. The third-order valence-corrected chi connectivity index (χ3v) is 6.42. The molecule has 1 aromatic heterocycles. The Morgan fingerprint density at radius 1 is 1.03 bits per heavy atom. The summed E-state index contributed by atoms with van der Waals surface area (Å²) in [5, 5.41) is 0.272. The average molecular weight is 536 g/mol. The van der Waals surface area contributed by atoms with Crippen LogP contribution < -0.4 is 19.8 Å². The molecule has 6 nitrogen and oxygen atoms in total. The number of hydrogen-bond acceptors (Lipinski definition) is 5. The van der Waals surface area contributed by atoms with Crippen LogP contribution in [0, 0.1) is 6.92 Å². The standard InChI is InChI=1S/C30H24F3NO5/c1-4-13-38-23-12-10-18(15-24(23)37-5-2)26-25-27(35)21-14-17(3)9-11-22(21)39-28(25)29(36)34(26)20-8-6-7-19(16-20)30(31,32)33/h4,6-12,14-16,26H,1,5,13H2,2-3H3. The fraction of sp³-hybridized carbons (Fsp3) is 0.200. The number of fused-ring (bicyclic) bond motifs is 2. The first-order valence-electron chi connectivity index (χ1n) is 12.2.